The van der Waals surface area contributed by atoms with Crippen molar-refractivity contribution in [1.29, 1.82) is 0 Å². The minimum atomic E-state index is -0.986. The first-order chi connectivity index (χ1) is 4.70. The number of benzene rings is 1. The maximum atomic E-state index is 10.2. The number of rotatable bonds is 1. The standard InChI is InChI=1S/C7H6O3.Na.H/c8-6-3-1-5(2-4-6)7(9)10;;/h1-4,8H,(H,9,10);;. The number of hydrogen-bond donors (Lipinski definition) is 2. The summed E-state index contributed by atoms with van der Waals surface area (Å²) >= 11 is 0. The van der Waals surface area contributed by atoms with Gasteiger partial charge >= 0.3 is 35.5 Å². The van der Waals surface area contributed by atoms with Crippen LogP contribution in [0.3, 0.4) is 0 Å². The number of aromatic hydroxyl groups is 1. The van der Waals surface area contributed by atoms with Crippen LogP contribution in [0, 0.1) is 0 Å². The molecule has 0 saturated carbocycles. The van der Waals surface area contributed by atoms with E-state index in [1.54, 1.807) is 0 Å². The van der Waals surface area contributed by atoms with Gasteiger partial charge in [0.15, 0.2) is 0 Å². The molecule has 0 aliphatic rings. The second-order valence-electron chi connectivity index (χ2n) is 1.85. The molecule has 0 heterocycles. The summed E-state index contributed by atoms with van der Waals surface area (Å²) in [4.78, 5) is 10.2. The van der Waals surface area contributed by atoms with Crippen LogP contribution in [0.15, 0.2) is 24.3 Å². The molecular weight excluding hydrogens is 155 g/mol. The fourth-order valence-corrected chi connectivity index (χ4v) is 0.604. The molecule has 0 unspecified atom stereocenters. The molecule has 1 aromatic rings. The molecule has 2 N–H and O–H groups in total. The molecule has 1 aromatic carbocycles. The molecule has 0 amide bonds. The Morgan fingerprint density at radius 2 is 1.64 bits per heavy atom. The van der Waals surface area contributed by atoms with Crippen molar-refractivity contribution in [2.75, 3.05) is 0 Å². The van der Waals surface area contributed by atoms with E-state index in [9.17, 15) is 4.79 Å². The van der Waals surface area contributed by atoms with Gasteiger partial charge < -0.3 is 10.2 Å². The molecule has 0 aliphatic heterocycles. The molecule has 0 radical (unpaired) electrons. The summed E-state index contributed by atoms with van der Waals surface area (Å²) in [6.07, 6.45) is 0. The maximum absolute atomic E-state index is 10.2. The predicted octanol–water partition coefficient (Wildman–Crippen LogP) is 0.442. The van der Waals surface area contributed by atoms with Crippen LogP contribution in [-0.4, -0.2) is 45.7 Å². The fourth-order valence-electron chi connectivity index (χ4n) is 0.604. The number of carbonyl (C=O) groups is 1. The molecule has 11 heavy (non-hydrogen) atoms. The van der Waals surface area contributed by atoms with Gasteiger partial charge in [-0.15, -0.1) is 0 Å². The van der Waals surface area contributed by atoms with Crippen molar-refractivity contribution in [3.05, 3.63) is 29.8 Å². The van der Waals surface area contributed by atoms with E-state index in [-0.39, 0.29) is 40.9 Å². The van der Waals surface area contributed by atoms with E-state index in [0.717, 1.165) is 0 Å². The van der Waals surface area contributed by atoms with Gasteiger partial charge in [-0.05, 0) is 24.3 Å². The van der Waals surface area contributed by atoms with Gasteiger partial charge in [-0.2, -0.15) is 0 Å². The molecule has 0 fully saturated rings. The zero-order valence-corrected chi connectivity index (χ0v) is 5.11. The van der Waals surface area contributed by atoms with Crippen LogP contribution < -0.4 is 0 Å². The normalized spacial score (nSPS) is 8.36. The summed E-state index contributed by atoms with van der Waals surface area (Å²) in [6, 6.07) is 5.36. The monoisotopic (exact) mass is 162 g/mol. The summed E-state index contributed by atoms with van der Waals surface area (Å²) in [6.45, 7) is 0. The van der Waals surface area contributed by atoms with Crippen LogP contribution in [0.4, 0.5) is 0 Å². The SMILES string of the molecule is O=C(O)c1ccc(O)cc1.[NaH]. The Labute approximate surface area is 86.0 Å². The third-order valence-electron chi connectivity index (χ3n) is 1.11. The van der Waals surface area contributed by atoms with Crippen molar-refractivity contribution < 1.29 is 15.0 Å². The Morgan fingerprint density at radius 1 is 1.18 bits per heavy atom. The Morgan fingerprint density at radius 3 is 2.00 bits per heavy atom. The Kier molecular flexibility index (Phi) is 4.18. The molecule has 0 atom stereocenters. The van der Waals surface area contributed by atoms with E-state index >= 15 is 0 Å². The molecule has 54 valence electrons. The van der Waals surface area contributed by atoms with Crippen molar-refractivity contribution in [2.24, 2.45) is 0 Å². The second kappa shape index (κ2) is 4.38. The summed E-state index contributed by atoms with van der Waals surface area (Å²) < 4.78 is 0. The Bertz CT molecular complexity index is 242. The summed E-state index contributed by atoms with van der Waals surface area (Å²) in [5, 5.41) is 17.1. The first kappa shape index (κ1) is 10.5. The van der Waals surface area contributed by atoms with Gasteiger partial charge in [0.25, 0.3) is 0 Å². The zero-order valence-electron chi connectivity index (χ0n) is 5.11. The van der Waals surface area contributed by atoms with Gasteiger partial charge in [0.1, 0.15) is 5.75 Å². The molecule has 1 rings (SSSR count). The number of carboxylic acids is 1. The molecular formula is C7H7NaO3. The van der Waals surface area contributed by atoms with Gasteiger partial charge in [0.2, 0.25) is 0 Å². The molecule has 4 heteroatoms. The third kappa shape index (κ3) is 2.93. The quantitative estimate of drug-likeness (QED) is 0.589. The third-order valence-corrected chi connectivity index (χ3v) is 1.11. The van der Waals surface area contributed by atoms with E-state index in [0.29, 0.717) is 0 Å². The molecule has 0 saturated heterocycles. The number of hydrogen-bond acceptors (Lipinski definition) is 2. The van der Waals surface area contributed by atoms with Crippen LogP contribution in [0.5, 0.6) is 5.75 Å². The van der Waals surface area contributed by atoms with Crippen molar-refractivity contribution in [3.63, 3.8) is 0 Å². The molecule has 0 bridgehead atoms. The van der Waals surface area contributed by atoms with Crippen molar-refractivity contribution >= 4 is 35.5 Å². The zero-order chi connectivity index (χ0) is 7.56. The first-order valence-electron chi connectivity index (χ1n) is 2.72. The van der Waals surface area contributed by atoms with Crippen LogP contribution in [0.25, 0.3) is 0 Å². The van der Waals surface area contributed by atoms with Crippen molar-refractivity contribution in [1.82, 2.24) is 0 Å². The van der Waals surface area contributed by atoms with E-state index in [2.05, 4.69) is 0 Å². The number of aromatic carboxylic acids is 1. The molecule has 0 spiro atoms. The van der Waals surface area contributed by atoms with Gasteiger partial charge in [-0.1, -0.05) is 0 Å². The van der Waals surface area contributed by atoms with Gasteiger partial charge in [0.05, 0.1) is 5.56 Å². The first-order valence-corrected chi connectivity index (χ1v) is 2.72. The van der Waals surface area contributed by atoms with Gasteiger partial charge in [-0.3, -0.25) is 0 Å². The molecule has 0 aliphatic carbocycles. The summed E-state index contributed by atoms with van der Waals surface area (Å²) in [5.74, 6) is -0.912. The van der Waals surface area contributed by atoms with Crippen molar-refractivity contribution in [3.8, 4) is 5.75 Å². The van der Waals surface area contributed by atoms with Crippen LogP contribution >= 0.6 is 0 Å². The van der Waals surface area contributed by atoms with Gasteiger partial charge in [-0.25, -0.2) is 4.79 Å². The Balaban J connectivity index is 0.000001000. The van der Waals surface area contributed by atoms with Crippen molar-refractivity contribution in [2.45, 2.75) is 0 Å². The topological polar surface area (TPSA) is 57.5 Å². The number of carboxylic acid groups (broad SMARTS) is 1. The average Bonchev–Trinajstić information content (AvgIpc) is 1.88. The van der Waals surface area contributed by atoms with Crippen LogP contribution in [-0.2, 0) is 0 Å². The summed E-state index contributed by atoms with van der Waals surface area (Å²) in [7, 11) is 0. The van der Waals surface area contributed by atoms with E-state index in [1.165, 1.54) is 24.3 Å². The minimum absolute atomic E-state index is 0. The van der Waals surface area contributed by atoms with Crippen LogP contribution in [0.1, 0.15) is 10.4 Å². The molecule has 0 aromatic heterocycles. The predicted molar refractivity (Wildman–Crippen MR) is 42.2 cm³/mol. The van der Waals surface area contributed by atoms with E-state index in [1.807, 2.05) is 0 Å². The van der Waals surface area contributed by atoms with E-state index in [4.69, 9.17) is 10.2 Å². The van der Waals surface area contributed by atoms with Crippen LogP contribution in [0.2, 0.25) is 0 Å². The summed E-state index contributed by atoms with van der Waals surface area (Å²) in [5.41, 5.74) is 0.179. The van der Waals surface area contributed by atoms with E-state index < -0.39 is 5.97 Å². The average molecular weight is 162 g/mol. The number of phenolic OH excluding ortho intramolecular Hbond substituents is 1. The molecule has 3 nitrogen and oxygen atoms in total. The fraction of sp³-hybridized carbons (Fsp3) is 0. The number of phenols is 1. The Hall–Kier alpha value is -0.510. The second-order valence-corrected chi connectivity index (χ2v) is 1.85. The van der Waals surface area contributed by atoms with Gasteiger partial charge in [0, 0.05) is 0 Å².